The summed E-state index contributed by atoms with van der Waals surface area (Å²) in [6.45, 7) is 10.7. The summed E-state index contributed by atoms with van der Waals surface area (Å²) < 4.78 is 19.5. The first-order chi connectivity index (χ1) is 21.7. The number of rotatable bonds is 7. The van der Waals surface area contributed by atoms with Crippen LogP contribution in [0.1, 0.15) is 77.5 Å². The van der Waals surface area contributed by atoms with Crippen LogP contribution in [0.3, 0.4) is 0 Å². The minimum Gasteiger partial charge on any atom is -0.595 e. The van der Waals surface area contributed by atoms with E-state index in [1.54, 1.807) is 18.2 Å². The fourth-order valence-corrected chi connectivity index (χ4v) is 8.06. The molecule has 4 aliphatic heterocycles. The molecule has 12 nitrogen and oxygen atoms in total. The van der Waals surface area contributed by atoms with Crippen LogP contribution >= 0.6 is 0 Å². The van der Waals surface area contributed by atoms with Crippen LogP contribution in [-0.4, -0.2) is 64.4 Å². The number of piperidine rings is 1. The van der Waals surface area contributed by atoms with Crippen molar-refractivity contribution in [2.24, 2.45) is 11.8 Å². The first-order valence-corrected chi connectivity index (χ1v) is 16.4. The number of carbonyl (C=O) groups excluding carboxylic acids is 2. The Labute approximate surface area is 269 Å². The number of pyridine rings is 1. The zero-order valence-electron chi connectivity index (χ0n) is 27.3. The number of nitrogens with zero attached hydrogens (tertiary/aromatic N) is 2. The second-order valence-electron chi connectivity index (χ2n) is 14.7. The van der Waals surface area contributed by atoms with Gasteiger partial charge in [0.25, 0.3) is 5.56 Å². The van der Waals surface area contributed by atoms with Crippen LogP contribution < -0.4 is 21.0 Å². The van der Waals surface area contributed by atoms with Gasteiger partial charge in [-0.3, -0.25) is 14.4 Å². The minimum absolute atomic E-state index is 0.0201. The molecule has 0 spiro atoms. The molecule has 2 fully saturated rings. The fourth-order valence-electron chi connectivity index (χ4n) is 8.06. The van der Waals surface area contributed by atoms with Gasteiger partial charge in [0.15, 0.2) is 11.5 Å². The number of esters is 1. The van der Waals surface area contributed by atoms with E-state index in [9.17, 15) is 24.8 Å². The van der Waals surface area contributed by atoms with E-state index in [0.29, 0.717) is 38.9 Å². The van der Waals surface area contributed by atoms with Crippen LogP contribution in [0, 0.1) is 17.0 Å². The lowest BCUT2D eigenvalue weighted by atomic mass is 9.70. The second kappa shape index (κ2) is 12.4. The summed E-state index contributed by atoms with van der Waals surface area (Å²) in [5.74, 6) is -1.50. The molecule has 3 unspecified atom stereocenters. The standard InChI is InChI=1S/C34H46N4O8/c1-33(2,3)46-30(40)17-25-16-24(44-34(4,5)45-25)11-12-35-32(41)26-15-20-14-23(38(42)43)9-10-28(20)37-18-21-13-22(31(26)37)19-36-27(21)7-6-8-29(36)39/h6-10,14,21-22,24-26,31,38,42H,11-13,15-19H2,1-5H3,(H,35,41)/t21?,22?,24-,25-,26-,31+/m1/s1. The molecular weight excluding hydrogens is 592 g/mol. The topological polar surface area (TPSA) is 147 Å². The first-order valence-electron chi connectivity index (χ1n) is 16.4. The fraction of sp³-hybridized carbons (Fsp3) is 0.618. The number of hydrogen-bond donors (Lipinski definition) is 3. The third kappa shape index (κ3) is 6.86. The monoisotopic (exact) mass is 638 g/mol. The van der Waals surface area contributed by atoms with Crippen molar-refractivity contribution in [2.45, 2.75) is 109 Å². The predicted molar refractivity (Wildman–Crippen MR) is 169 cm³/mol. The highest BCUT2D eigenvalue weighted by Gasteiger charge is 2.49. The summed E-state index contributed by atoms with van der Waals surface area (Å²) in [6, 6.07) is 10.5. The SMILES string of the molecule is CC(C)(C)OC(=O)C[C@H]1C[C@@H](CCNC(=O)[C@@H]2Cc3cc([NH+]([O-])O)ccc3N3CC4CC(Cn5c4cccc5=O)[C@@H]23)OC(C)(C)O1. The van der Waals surface area contributed by atoms with Crippen molar-refractivity contribution >= 4 is 23.3 Å². The molecule has 0 saturated carbocycles. The van der Waals surface area contributed by atoms with Crippen molar-refractivity contribution in [3.8, 4) is 0 Å². The number of amides is 1. The predicted octanol–water partition coefficient (Wildman–Crippen LogP) is 2.56. The highest BCUT2D eigenvalue weighted by atomic mass is 16.8. The van der Waals surface area contributed by atoms with Gasteiger partial charge in [-0.05, 0) is 77.5 Å². The lowest BCUT2D eigenvalue weighted by Crippen LogP contribution is -2.99. The van der Waals surface area contributed by atoms with Crippen molar-refractivity contribution in [1.29, 1.82) is 0 Å². The highest BCUT2D eigenvalue weighted by Crippen LogP contribution is 2.47. The van der Waals surface area contributed by atoms with Crippen LogP contribution in [0.5, 0.6) is 0 Å². The maximum absolute atomic E-state index is 14.0. The lowest BCUT2D eigenvalue weighted by molar-refractivity contribution is -0.991. The molecule has 0 aliphatic carbocycles. The summed E-state index contributed by atoms with van der Waals surface area (Å²) in [7, 11) is 0. The van der Waals surface area contributed by atoms with Crippen molar-refractivity contribution in [1.82, 2.24) is 9.88 Å². The first kappa shape index (κ1) is 32.6. The van der Waals surface area contributed by atoms with Crippen molar-refractivity contribution in [2.75, 3.05) is 18.0 Å². The van der Waals surface area contributed by atoms with Crippen molar-refractivity contribution in [3.05, 3.63) is 63.2 Å². The van der Waals surface area contributed by atoms with E-state index < -0.39 is 22.5 Å². The van der Waals surface area contributed by atoms with Crippen LogP contribution in [0.2, 0.25) is 0 Å². The zero-order chi connectivity index (χ0) is 33.0. The Balaban J connectivity index is 1.17. The number of hydrogen-bond acceptors (Lipinski definition) is 9. The van der Waals surface area contributed by atoms with Crippen LogP contribution in [0.25, 0.3) is 0 Å². The third-order valence-corrected chi connectivity index (χ3v) is 9.60. The molecular formula is C34H46N4O8. The van der Waals surface area contributed by atoms with Gasteiger partial charge < -0.3 is 34.2 Å². The number of quaternary nitrogens is 1. The van der Waals surface area contributed by atoms with Gasteiger partial charge >= 0.3 is 5.97 Å². The molecule has 1 amide bonds. The van der Waals surface area contributed by atoms with Gasteiger partial charge in [0, 0.05) is 67.6 Å². The Kier molecular flexibility index (Phi) is 8.79. The molecule has 250 valence electrons. The molecule has 12 heteroatoms. The summed E-state index contributed by atoms with van der Waals surface area (Å²) in [5.41, 5.74) is 2.43. The molecule has 5 heterocycles. The number of aromatic nitrogens is 1. The zero-order valence-corrected chi connectivity index (χ0v) is 27.3. The molecule has 46 heavy (non-hydrogen) atoms. The van der Waals surface area contributed by atoms with E-state index in [2.05, 4.69) is 10.2 Å². The van der Waals surface area contributed by atoms with Crippen LogP contribution in [0.15, 0.2) is 41.2 Å². The maximum Gasteiger partial charge on any atom is 0.308 e. The van der Waals surface area contributed by atoms with Gasteiger partial charge in [0.1, 0.15) is 5.60 Å². The molecule has 2 aromatic rings. The van der Waals surface area contributed by atoms with Gasteiger partial charge in [-0.15, -0.1) is 0 Å². The Morgan fingerprint density at radius 2 is 1.89 bits per heavy atom. The van der Waals surface area contributed by atoms with Gasteiger partial charge in [-0.2, -0.15) is 5.23 Å². The summed E-state index contributed by atoms with van der Waals surface area (Å²) in [4.78, 5) is 41.6. The van der Waals surface area contributed by atoms with E-state index in [1.165, 1.54) is 0 Å². The number of benzene rings is 1. The van der Waals surface area contributed by atoms with Gasteiger partial charge in [-0.1, -0.05) is 6.07 Å². The molecule has 2 bridgehead atoms. The number of nitrogens with one attached hydrogen (secondary N) is 2. The summed E-state index contributed by atoms with van der Waals surface area (Å²) in [5, 5.41) is 23.7. The van der Waals surface area contributed by atoms with E-state index in [0.717, 1.165) is 23.4 Å². The highest BCUT2D eigenvalue weighted by molar-refractivity contribution is 5.82. The molecule has 2 saturated heterocycles. The Hall–Kier alpha value is -3.29. The van der Waals surface area contributed by atoms with Crippen LogP contribution in [-0.2, 0) is 36.8 Å². The molecule has 1 aromatic carbocycles. The second-order valence-corrected chi connectivity index (χ2v) is 14.7. The Morgan fingerprint density at radius 3 is 2.63 bits per heavy atom. The van der Waals surface area contributed by atoms with Crippen molar-refractivity contribution in [3.63, 3.8) is 0 Å². The minimum atomic E-state index is -1.00. The number of fused-ring (bicyclic) bond motifs is 8. The van der Waals surface area contributed by atoms with E-state index >= 15 is 0 Å². The molecule has 6 rings (SSSR count). The van der Waals surface area contributed by atoms with Gasteiger partial charge in [0.05, 0.1) is 24.5 Å². The molecule has 7 atom stereocenters. The van der Waals surface area contributed by atoms with E-state index in [4.69, 9.17) is 14.2 Å². The smallest absolute Gasteiger partial charge is 0.308 e. The molecule has 4 aliphatic rings. The van der Waals surface area contributed by atoms with Crippen LogP contribution in [0.4, 0.5) is 11.4 Å². The average Bonchev–Trinajstić information content (AvgIpc) is 2.95. The van der Waals surface area contributed by atoms with E-state index in [-0.39, 0.29) is 59.6 Å². The number of ether oxygens (including phenoxy) is 3. The van der Waals surface area contributed by atoms with Gasteiger partial charge in [0.2, 0.25) is 5.91 Å². The molecule has 0 radical (unpaired) electrons. The van der Waals surface area contributed by atoms with Gasteiger partial charge in [-0.25, -0.2) is 5.21 Å². The number of anilines is 1. The number of carbonyl (C=O) groups is 2. The largest absolute Gasteiger partial charge is 0.595 e. The van der Waals surface area contributed by atoms with E-state index in [1.807, 2.05) is 57.4 Å². The summed E-state index contributed by atoms with van der Waals surface area (Å²) in [6.07, 6.45) is 1.88. The Bertz CT molecular complexity index is 1530. The third-order valence-electron chi connectivity index (χ3n) is 9.60. The Morgan fingerprint density at radius 1 is 1.13 bits per heavy atom. The summed E-state index contributed by atoms with van der Waals surface area (Å²) >= 11 is 0. The quantitative estimate of drug-likeness (QED) is 0.308. The average molecular weight is 639 g/mol. The maximum atomic E-state index is 14.0. The lowest BCUT2D eigenvalue weighted by Gasteiger charge is -2.54. The molecule has 3 N–H and O–H groups in total. The molecule has 1 aromatic heterocycles. The van der Waals surface area contributed by atoms with Crippen molar-refractivity contribution < 1.29 is 34.2 Å². The normalized spacial score (nSPS) is 28.7.